The van der Waals surface area contributed by atoms with Crippen LogP contribution in [0.25, 0.3) is 0 Å². The molecule has 1 fully saturated rings. The molecular weight excluding hydrogens is 368 g/mol. The highest BCUT2D eigenvalue weighted by atomic mass is 35.5. The van der Waals surface area contributed by atoms with Gasteiger partial charge in [0.1, 0.15) is 0 Å². The van der Waals surface area contributed by atoms with Gasteiger partial charge < -0.3 is 16.4 Å². The second-order valence-corrected chi connectivity index (χ2v) is 6.63. The van der Waals surface area contributed by atoms with Gasteiger partial charge in [-0.2, -0.15) is 0 Å². The second-order valence-electron chi connectivity index (χ2n) is 5.61. The summed E-state index contributed by atoms with van der Waals surface area (Å²) < 4.78 is 0. The van der Waals surface area contributed by atoms with E-state index in [-0.39, 0.29) is 35.3 Å². The molecule has 8 nitrogen and oxygen atoms in total. The van der Waals surface area contributed by atoms with E-state index >= 15 is 0 Å². The van der Waals surface area contributed by atoms with Crippen molar-refractivity contribution in [3.8, 4) is 0 Å². The zero-order valence-corrected chi connectivity index (χ0v) is 15.2. The molecule has 0 spiro atoms. The molecule has 2 amide bonds. The summed E-state index contributed by atoms with van der Waals surface area (Å²) in [6.07, 6.45) is 2.19. The maximum absolute atomic E-state index is 11.9. The molecule has 1 aromatic rings. The van der Waals surface area contributed by atoms with Gasteiger partial charge in [0.15, 0.2) is 0 Å². The van der Waals surface area contributed by atoms with Crippen LogP contribution in [0.1, 0.15) is 23.2 Å². The number of nitrogens with two attached hydrogens (primary N) is 1. The van der Waals surface area contributed by atoms with E-state index < -0.39 is 10.8 Å². The van der Waals surface area contributed by atoms with E-state index in [0.29, 0.717) is 17.4 Å². The smallest absolute Gasteiger partial charge is 0.283 e. The molecule has 1 aromatic carbocycles. The Kier molecular flexibility index (Phi) is 8.67. The fraction of sp³-hybridized carbons (Fsp3) is 0.467. The molecule has 0 bridgehead atoms. The summed E-state index contributed by atoms with van der Waals surface area (Å²) in [5, 5.41) is 17.2. The zero-order chi connectivity index (χ0) is 17.5. The van der Waals surface area contributed by atoms with Crippen LogP contribution < -0.4 is 16.4 Å². The molecule has 2 rings (SSSR count). The Hall–Kier alpha value is -1.84. The molecule has 0 aromatic heterocycles. The van der Waals surface area contributed by atoms with Gasteiger partial charge in [-0.25, -0.2) is 0 Å². The van der Waals surface area contributed by atoms with Crippen LogP contribution in [0.3, 0.4) is 0 Å². The molecule has 4 N–H and O–H groups in total. The van der Waals surface area contributed by atoms with Gasteiger partial charge in [0.2, 0.25) is 11.8 Å². The standard InChI is InChI=1S/C15H20N4O4S.ClH/c16-15(21)11-3-4-13(12(6-11)19(22)23)24-9-14(20)18-8-10-2-1-5-17-7-10;/h3-4,6,10,17H,1-2,5,7-9H2,(H2,16,21)(H,18,20);1H. The van der Waals surface area contributed by atoms with E-state index in [0.717, 1.165) is 43.8 Å². The quantitative estimate of drug-likeness (QED) is 0.367. The maximum atomic E-state index is 11.9. The summed E-state index contributed by atoms with van der Waals surface area (Å²) in [5.41, 5.74) is 4.98. The van der Waals surface area contributed by atoms with Crippen LogP contribution in [-0.2, 0) is 4.79 Å². The van der Waals surface area contributed by atoms with Crippen molar-refractivity contribution < 1.29 is 14.5 Å². The van der Waals surface area contributed by atoms with E-state index in [1.54, 1.807) is 0 Å². The summed E-state index contributed by atoms with van der Waals surface area (Å²) >= 11 is 1.07. The van der Waals surface area contributed by atoms with Crippen LogP contribution in [0, 0.1) is 16.0 Å². The normalized spacial score (nSPS) is 16.6. The topological polar surface area (TPSA) is 127 Å². The Bertz CT molecular complexity index is 638. The van der Waals surface area contributed by atoms with E-state index in [1.165, 1.54) is 12.1 Å². The van der Waals surface area contributed by atoms with Gasteiger partial charge in [-0.15, -0.1) is 24.2 Å². The van der Waals surface area contributed by atoms with E-state index in [1.807, 2.05) is 0 Å². The first-order valence-corrected chi connectivity index (χ1v) is 8.64. The number of nitrogens with one attached hydrogen (secondary N) is 2. The number of amides is 2. The first kappa shape index (κ1) is 21.2. The molecule has 1 atom stereocenters. The molecule has 0 radical (unpaired) electrons. The number of piperidine rings is 1. The molecule has 1 aliphatic rings. The van der Waals surface area contributed by atoms with Crippen LogP contribution in [0.15, 0.2) is 23.1 Å². The van der Waals surface area contributed by atoms with Crippen molar-refractivity contribution in [2.75, 3.05) is 25.4 Å². The lowest BCUT2D eigenvalue weighted by Gasteiger charge is -2.22. The lowest BCUT2D eigenvalue weighted by molar-refractivity contribution is -0.387. The summed E-state index contributed by atoms with van der Waals surface area (Å²) in [6, 6.07) is 4.00. The number of carbonyl (C=O) groups excluding carboxylic acids is 2. The molecule has 25 heavy (non-hydrogen) atoms. The highest BCUT2D eigenvalue weighted by Gasteiger charge is 2.18. The van der Waals surface area contributed by atoms with Crippen molar-refractivity contribution in [3.63, 3.8) is 0 Å². The van der Waals surface area contributed by atoms with Crippen LogP contribution in [0.2, 0.25) is 0 Å². The largest absolute Gasteiger partial charge is 0.366 e. The lowest BCUT2D eigenvalue weighted by atomic mass is 10.00. The molecule has 1 saturated heterocycles. The average Bonchev–Trinajstić information content (AvgIpc) is 2.58. The predicted molar refractivity (Wildman–Crippen MR) is 98.2 cm³/mol. The van der Waals surface area contributed by atoms with Crippen molar-refractivity contribution in [1.82, 2.24) is 10.6 Å². The first-order valence-electron chi connectivity index (χ1n) is 7.66. The number of primary amides is 1. The highest BCUT2D eigenvalue weighted by Crippen LogP contribution is 2.29. The maximum Gasteiger partial charge on any atom is 0.283 e. The molecule has 0 aliphatic carbocycles. The van der Waals surface area contributed by atoms with E-state index in [9.17, 15) is 19.7 Å². The Morgan fingerprint density at radius 3 is 2.80 bits per heavy atom. The van der Waals surface area contributed by atoms with Crippen molar-refractivity contribution in [3.05, 3.63) is 33.9 Å². The van der Waals surface area contributed by atoms with Crippen molar-refractivity contribution in [2.45, 2.75) is 17.7 Å². The number of carbonyl (C=O) groups is 2. The number of hydrogen-bond acceptors (Lipinski definition) is 6. The van der Waals surface area contributed by atoms with Gasteiger partial charge in [-0.1, -0.05) is 0 Å². The number of nitro groups is 1. The SMILES string of the molecule is Cl.NC(=O)c1ccc(SCC(=O)NCC2CCCNC2)c([N+](=O)[O-])c1. The van der Waals surface area contributed by atoms with Crippen LogP contribution in [0.5, 0.6) is 0 Å². The Balaban J connectivity index is 0.00000312. The second kappa shape index (κ2) is 10.2. The third-order valence-corrected chi connectivity index (χ3v) is 4.85. The minimum atomic E-state index is -0.728. The van der Waals surface area contributed by atoms with Gasteiger partial charge in [0, 0.05) is 18.2 Å². The number of rotatable bonds is 7. The third-order valence-electron chi connectivity index (χ3n) is 3.79. The fourth-order valence-corrected chi connectivity index (χ4v) is 3.32. The summed E-state index contributed by atoms with van der Waals surface area (Å²) in [7, 11) is 0. The molecule has 1 unspecified atom stereocenters. The van der Waals surface area contributed by atoms with Crippen molar-refractivity contribution in [1.29, 1.82) is 0 Å². The Labute approximate surface area is 155 Å². The van der Waals surface area contributed by atoms with Crippen molar-refractivity contribution in [2.24, 2.45) is 11.7 Å². The summed E-state index contributed by atoms with van der Waals surface area (Å²) in [6.45, 7) is 2.52. The van der Waals surface area contributed by atoms with Gasteiger partial charge in [-0.05, 0) is 44.0 Å². The number of nitro benzene ring substituents is 1. The minimum Gasteiger partial charge on any atom is -0.366 e. The average molecular weight is 389 g/mol. The van der Waals surface area contributed by atoms with Gasteiger partial charge in [0.25, 0.3) is 5.69 Å². The van der Waals surface area contributed by atoms with Crippen LogP contribution in [-0.4, -0.2) is 42.1 Å². The molecule has 1 aliphatic heterocycles. The third kappa shape index (κ3) is 6.52. The lowest BCUT2D eigenvalue weighted by Crippen LogP contribution is -2.38. The van der Waals surface area contributed by atoms with Crippen LogP contribution in [0.4, 0.5) is 5.69 Å². The van der Waals surface area contributed by atoms with Gasteiger partial charge in [0.05, 0.1) is 15.6 Å². The number of halogens is 1. The Morgan fingerprint density at radius 1 is 1.44 bits per heavy atom. The molecule has 138 valence electrons. The fourth-order valence-electron chi connectivity index (χ4n) is 2.49. The van der Waals surface area contributed by atoms with Gasteiger partial charge >= 0.3 is 0 Å². The monoisotopic (exact) mass is 388 g/mol. The zero-order valence-electron chi connectivity index (χ0n) is 13.5. The van der Waals surface area contributed by atoms with Gasteiger partial charge in [-0.3, -0.25) is 19.7 Å². The molecular formula is C15H21ClN4O4S. The number of benzene rings is 1. The summed E-state index contributed by atoms with van der Waals surface area (Å²) in [4.78, 5) is 33.9. The summed E-state index contributed by atoms with van der Waals surface area (Å²) in [5.74, 6) is -0.388. The number of thioether (sulfide) groups is 1. The van der Waals surface area contributed by atoms with Crippen molar-refractivity contribution >= 4 is 41.7 Å². The molecule has 1 heterocycles. The highest BCUT2D eigenvalue weighted by molar-refractivity contribution is 8.00. The molecule has 0 saturated carbocycles. The van der Waals surface area contributed by atoms with E-state index in [2.05, 4.69) is 10.6 Å². The Morgan fingerprint density at radius 2 is 2.20 bits per heavy atom. The number of nitrogens with zero attached hydrogens (tertiary/aromatic N) is 1. The number of hydrogen-bond donors (Lipinski definition) is 3. The predicted octanol–water partition coefficient (Wildman–Crippen LogP) is 1.32. The van der Waals surface area contributed by atoms with Crippen LogP contribution >= 0.6 is 24.2 Å². The minimum absolute atomic E-state index is 0. The first-order chi connectivity index (χ1) is 11.5. The molecule has 10 heteroatoms. The van der Waals surface area contributed by atoms with E-state index in [4.69, 9.17) is 5.73 Å².